The first kappa shape index (κ1) is 10.4. The number of rotatable bonds is 2. The highest BCUT2D eigenvalue weighted by Gasteiger charge is 2.22. The fourth-order valence-corrected chi connectivity index (χ4v) is 1.62. The van der Waals surface area contributed by atoms with Gasteiger partial charge in [0.2, 0.25) is 0 Å². The predicted octanol–water partition coefficient (Wildman–Crippen LogP) is 1.64. The maximum Gasteiger partial charge on any atom is 0.186 e. The minimum absolute atomic E-state index is 0.199. The van der Waals surface area contributed by atoms with Crippen LogP contribution in [0, 0.1) is 0 Å². The molecule has 0 amide bonds. The second-order valence-corrected chi connectivity index (χ2v) is 3.31. The zero-order valence-corrected chi connectivity index (χ0v) is 8.94. The van der Waals surface area contributed by atoms with Gasteiger partial charge in [0.1, 0.15) is 0 Å². The standard InChI is InChI=1S/C12H10O4/c1-15-11-5-7-8(6-12(11)16-2)10(14)4-3-9(7)13/h3-6H,1-2H3. The highest BCUT2D eigenvalue weighted by atomic mass is 16.5. The van der Waals surface area contributed by atoms with E-state index in [1.54, 1.807) is 0 Å². The van der Waals surface area contributed by atoms with Crippen molar-refractivity contribution in [1.82, 2.24) is 0 Å². The largest absolute Gasteiger partial charge is 0.493 e. The molecule has 4 nitrogen and oxygen atoms in total. The van der Waals surface area contributed by atoms with Gasteiger partial charge in [-0.25, -0.2) is 0 Å². The van der Waals surface area contributed by atoms with Gasteiger partial charge in [-0.2, -0.15) is 0 Å². The quantitative estimate of drug-likeness (QED) is 0.757. The van der Waals surface area contributed by atoms with E-state index in [9.17, 15) is 9.59 Å². The van der Waals surface area contributed by atoms with Crippen LogP contribution < -0.4 is 9.47 Å². The number of hydrogen-bond donors (Lipinski definition) is 0. The third kappa shape index (κ3) is 1.48. The molecule has 82 valence electrons. The van der Waals surface area contributed by atoms with E-state index in [0.717, 1.165) is 0 Å². The summed E-state index contributed by atoms with van der Waals surface area (Å²) in [5.74, 6) is 0.488. The molecule has 0 saturated heterocycles. The molecular formula is C12H10O4. The van der Waals surface area contributed by atoms with Crippen LogP contribution in [0.4, 0.5) is 0 Å². The lowest BCUT2D eigenvalue weighted by Crippen LogP contribution is -2.12. The average Bonchev–Trinajstić information content (AvgIpc) is 2.32. The van der Waals surface area contributed by atoms with E-state index >= 15 is 0 Å². The van der Waals surface area contributed by atoms with E-state index < -0.39 is 0 Å². The van der Waals surface area contributed by atoms with Gasteiger partial charge in [0, 0.05) is 11.1 Å². The fraction of sp³-hybridized carbons (Fsp3) is 0.167. The Morgan fingerprint density at radius 1 is 0.812 bits per heavy atom. The Morgan fingerprint density at radius 2 is 1.19 bits per heavy atom. The van der Waals surface area contributed by atoms with Crippen molar-refractivity contribution in [2.75, 3.05) is 14.2 Å². The van der Waals surface area contributed by atoms with Crippen molar-refractivity contribution in [3.05, 3.63) is 35.4 Å². The molecule has 0 N–H and O–H groups in total. The van der Waals surface area contributed by atoms with Crippen LogP contribution >= 0.6 is 0 Å². The molecule has 16 heavy (non-hydrogen) atoms. The maximum absolute atomic E-state index is 11.6. The predicted molar refractivity (Wildman–Crippen MR) is 57.3 cm³/mol. The smallest absolute Gasteiger partial charge is 0.186 e. The Bertz CT molecular complexity index is 455. The summed E-state index contributed by atoms with van der Waals surface area (Å²) in [6.07, 6.45) is 2.52. The van der Waals surface area contributed by atoms with E-state index in [1.807, 2.05) is 0 Å². The molecule has 0 spiro atoms. The Hall–Kier alpha value is -2.10. The number of benzene rings is 1. The van der Waals surface area contributed by atoms with Gasteiger partial charge in [0.25, 0.3) is 0 Å². The van der Waals surface area contributed by atoms with Crippen molar-refractivity contribution in [3.63, 3.8) is 0 Å². The van der Waals surface area contributed by atoms with Crippen molar-refractivity contribution >= 4 is 11.6 Å². The molecule has 1 aromatic rings. The molecule has 2 rings (SSSR count). The first-order valence-electron chi connectivity index (χ1n) is 4.70. The average molecular weight is 218 g/mol. The molecule has 0 aromatic heterocycles. The third-order valence-corrected chi connectivity index (χ3v) is 2.44. The zero-order valence-electron chi connectivity index (χ0n) is 8.94. The van der Waals surface area contributed by atoms with E-state index in [4.69, 9.17) is 9.47 Å². The third-order valence-electron chi connectivity index (χ3n) is 2.44. The van der Waals surface area contributed by atoms with Gasteiger partial charge in [-0.1, -0.05) is 0 Å². The van der Waals surface area contributed by atoms with Crippen molar-refractivity contribution in [3.8, 4) is 11.5 Å². The van der Waals surface area contributed by atoms with Gasteiger partial charge >= 0.3 is 0 Å². The molecule has 1 aliphatic rings. The topological polar surface area (TPSA) is 52.6 Å². The van der Waals surface area contributed by atoms with Crippen LogP contribution in [0.15, 0.2) is 24.3 Å². The van der Waals surface area contributed by atoms with Crippen LogP contribution in [0.3, 0.4) is 0 Å². The Balaban J connectivity index is 2.66. The second kappa shape index (κ2) is 3.81. The number of carbonyl (C=O) groups excluding carboxylic acids is 2. The molecule has 0 radical (unpaired) electrons. The molecule has 0 unspecified atom stereocenters. The molecule has 0 saturated carbocycles. The van der Waals surface area contributed by atoms with Crippen LogP contribution in [0.2, 0.25) is 0 Å². The number of fused-ring (bicyclic) bond motifs is 1. The minimum atomic E-state index is -0.199. The summed E-state index contributed by atoms with van der Waals surface area (Å²) in [4.78, 5) is 23.1. The fourth-order valence-electron chi connectivity index (χ4n) is 1.62. The lowest BCUT2D eigenvalue weighted by Gasteiger charge is -2.13. The Labute approximate surface area is 92.5 Å². The Morgan fingerprint density at radius 3 is 1.50 bits per heavy atom. The second-order valence-electron chi connectivity index (χ2n) is 3.31. The molecule has 1 aromatic carbocycles. The summed E-state index contributed by atoms with van der Waals surface area (Å²) < 4.78 is 10.1. The summed E-state index contributed by atoms with van der Waals surface area (Å²) in [5, 5.41) is 0. The van der Waals surface area contributed by atoms with E-state index in [1.165, 1.54) is 38.5 Å². The van der Waals surface area contributed by atoms with Gasteiger partial charge in [0.15, 0.2) is 23.1 Å². The van der Waals surface area contributed by atoms with Gasteiger partial charge in [-0.05, 0) is 24.3 Å². The van der Waals surface area contributed by atoms with Crippen LogP contribution in [0.5, 0.6) is 11.5 Å². The number of ketones is 2. The van der Waals surface area contributed by atoms with E-state index in [-0.39, 0.29) is 11.6 Å². The molecule has 4 heteroatoms. The summed E-state index contributed by atoms with van der Waals surface area (Å²) in [6.45, 7) is 0. The number of hydrogen-bond acceptors (Lipinski definition) is 4. The summed E-state index contributed by atoms with van der Waals surface area (Å²) >= 11 is 0. The van der Waals surface area contributed by atoms with Gasteiger partial charge in [-0.15, -0.1) is 0 Å². The summed E-state index contributed by atoms with van der Waals surface area (Å²) in [5.41, 5.74) is 0.704. The van der Waals surface area contributed by atoms with E-state index in [2.05, 4.69) is 0 Å². The maximum atomic E-state index is 11.6. The lowest BCUT2D eigenvalue weighted by atomic mass is 9.94. The molecule has 0 aliphatic heterocycles. The highest BCUT2D eigenvalue weighted by molar-refractivity contribution is 6.22. The van der Waals surface area contributed by atoms with Crippen molar-refractivity contribution < 1.29 is 19.1 Å². The molecule has 0 bridgehead atoms. The van der Waals surface area contributed by atoms with Gasteiger partial charge in [-0.3, -0.25) is 9.59 Å². The summed E-state index contributed by atoms with van der Waals surface area (Å²) in [6, 6.07) is 3.05. The number of allylic oxidation sites excluding steroid dienone is 2. The van der Waals surface area contributed by atoms with E-state index in [0.29, 0.717) is 22.6 Å². The molecule has 0 heterocycles. The number of methoxy groups -OCH3 is 2. The normalized spacial score (nSPS) is 13.6. The van der Waals surface area contributed by atoms with Crippen LogP contribution in [0.1, 0.15) is 20.7 Å². The van der Waals surface area contributed by atoms with Crippen molar-refractivity contribution in [1.29, 1.82) is 0 Å². The van der Waals surface area contributed by atoms with Crippen molar-refractivity contribution in [2.24, 2.45) is 0 Å². The highest BCUT2D eigenvalue weighted by Crippen LogP contribution is 2.32. The monoisotopic (exact) mass is 218 g/mol. The zero-order chi connectivity index (χ0) is 11.7. The molecule has 1 aliphatic carbocycles. The van der Waals surface area contributed by atoms with Crippen LogP contribution in [0.25, 0.3) is 0 Å². The SMILES string of the molecule is COc1cc2c(cc1OC)C(=O)C=CC2=O. The first-order chi connectivity index (χ1) is 7.67. The van der Waals surface area contributed by atoms with Gasteiger partial charge in [0.05, 0.1) is 14.2 Å². The Kier molecular flexibility index (Phi) is 2.48. The lowest BCUT2D eigenvalue weighted by molar-refractivity contribution is 0.0993. The molecular weight excluding hydrogens is 208 g/mol. The molecule has 0 atom stereocenters. The van der Waals surface area contributed by atoms with Crippen molar-refractivity contribution in [2.45, 2.75) is 0 Å². The summed E-state index contributed by atoms with van der Waals surface area (Å²) in [7, 11) is 2.96. The first-order valence-corrected chi connectivity index (χ1v) is 4.70. The molecule has 0 fully saturated rings. The van der Waals surface area contributed by atoms with Gasteiger partial charge < -0.3 is 9.47 Å². The van der Waals surface area contributed by atoms with Crippen LogP contribution in [-0.2, 0) is 0 Å². The van der Waals surface area contributed by atoms with Crippen LogP contribution in [-0.4, -0.2) is 25.8 Å². The number of ether oxygens (including phenoxy) is 2. The minimum Gasteiger partial charge on any atom is -0.493 e. The number of carbonyl (C=O) groups is 2.